The lowest BCUT2D eigenvalue weighted by Crippen LogP contribution is -2.36. The van der Waals surface area contributed by atoms with Crippen molar-refractivity contribution in [1.29, 1.82) is 0 Å². The van der Waals surface area contributed by atoms with Crippen LogP contribution in [-0.4, -0.2) is 29.9 Å². The van der Waals surface area contributed by atoms with Gasteiger partial charge >= 0.3 is 5.97 Å². The predicted molar refractivity (Wildman–Crippen MR) is 129 cm³/mol. The fraction of sp³-hybridized carbons (Fsp3) is 0.333. The minimum absolute atomic E-state index is 0.0980. The SMILES string of the molecule is CCSCCOC(=O)C1=C(C)NC2=C(C(=O)CC(c3ccccc3)C2)C1c1ccccc1. The molecule has 166 valence electrons. The van der Waals surface area contributed by atoms with E-state index in [2.05, 4.69) is 24.4 Å². The highest BCUT2D eigenvalue weighted by Crippen LogP contribution is 2.45. The Morgan fingerprint density at radius 1 is 1.03 bits per heavy atom. The number of allylic oxidation sites excluding steroid dienone is 3. The molecule has 2 aromatic rings. The van der Waals surface area contributed by atoms with Gasteiger partial charge in [0, 0.05) is 35.1 Å². The first-order valence-corrected chi connectivity index (χ1v) is 12.3. The zero-order valence-corrected chi connectivity index (χ0v) is 19.4. The maximum absolute atomic E-state index is 13.5. The first-order chi connectivity index (χ1) is 15.6. The Morgan fingerprint density at radius 2 is 1.69 bits per heavy atom. The number of carbonyl (C=O) groups is 2. The zero-order chi connectivity index (χ0) is 22.5. The van der Waals surface area contributed by atoms with E-state index in [-0.39, 0.29) is 17.7 Å². The van der Waals surface area contributed by atoms with E-state index in [9.17, 15) is 9.59 Å². The van der Waals surface area contributed by atoms with Crippen molar-refractivity contribution in [2.75, 3.05) is 18.1 Å². The highest BCUT2D eigenvalue weighted by molar-refractivity contribution is 7.99. The van der Waals surface area contributed by atoms with Crippen LogP contribution in [0.25, 0.3) is 0 Å². The van der Waals surface area contributed by atoms with E-state index in [4.69, 9.17) is 4.74 Å². The van der Waals surface area contributed by atoms with Crippen molar-refractivity contribution in [2.24, 2.45) is 0 Å². The quantitative estimate of drug-likeness (QED) is 0.458. The van der Waals surface area contributed by atoms with Gasteiger partial charge in [-0.1, -0.05) is 67.6 Å². The first kappa shape index (κ1) is 22.4. The summed E-state index contributed by atoms with van der Waals surface area (Å²) in [6.45, 7) is 4.36. The number of nitrogens with one attached hydrogen (secondary N) is 1. The maximum Gasteiger partial charge on any atom is 0.336 e. The van der Waals surface area contributed by atoms with Gasteiger partial charge in [0.15, 0.2) is 5.78 Å². The molecule has 4 nitrogen and oxygen atoms in total. The summed E-state index contributed by atoms with van der Waals surface area (Å²) >= 11 is 1.74. The van der Waals surface area contributed by atoms with Gasteiger partial charge in [0.25, 0.3) is 0 Å². The van der Waals surface area contributed by atoms with Gasteiger partial charge in [0.05, 0.1) is 5.57 Å². The van der Waals surface area contributed by atoms with Crippen LogP contribution < -0.4 is 5.32 Å². The minimum Gasteiger partial charge on any atom is -0.461 e. The molecule has 0 saturated carbocycles. The summed E-state index contributed by atoms with van der Waals surface area (Å²) in [6.07, 6.45) is 1.20. The van der Waals surface area contributed by atoms with Crippen LogP contribution in [0.15, 0.2) is 83.2 Å². The summed E-state index contributed by atoms with van der Waals surface area (Å²) in [4.78, 5) is 26.7. The molecule has 0 radical (unpaired) electrons. The summed E-state index contributed by atoms with van der Waals surface area (Å²) in [5.41, 5.74) is 5.08. The normalized spacial score (nSPS) is 20.6. The van der Waals surface area contributed by atoms with Crippen LogP contribution in [0, 0.1) is 0 Å². The van der Waals surface area contributed by atoms with Gasteiger partial charge < -0.3 is 10.1 Å². The molecule has 0 aromatic heterocycles. The van der Waals surface area contributed by atoms with Gasteiger partial charge in [-0.2, -0.15) is 11.8 Å². The van der Waals surface area contributed by atoms with Gasteiger partial charge in [0.2, 0.25) is 0 Å². The van der Waals surface area contributed by atoms with Crippen molar-refractivity contribution in [3.05, 3.63) is 94.3 Å². The number of thioether (sulfide) groups is 1. The van der Waals surface area contributed by atoms with E-state index in [0.29, 0.717) is 24.2 Å². The van der Waals surface area contributed by atoms with E-state index >= 15 is 0 Å². The molecule has 0 saturated heterocycles. The topological polar surface area (TPSA) is 55.4 Å². The van der Waals surface area contributed by atoms with Crippen LogP contribution in [-0.2, 0) is 14.3 Å². The van der Waals surface area contributed by atoms with Gasteiger partial charge in [-0.15, -0.1) is 0 Å². The number of carbonyl (C=O) groups excluding carboxylic acids is 2. The van der Waals surface area contributed by atoms with Gasteiger partial charge in [-0.3, -0.25) is 4.79 Å². The van der Waals surface area contributed by atoms with E-state index in [1.165, 1.54) is 5.56 Å². The molecule has 2 aliphatic rings. The summed E-state index contributed by atoms with van der Waals surface area (Å²) in [5.74, 6) is 1.25. The average molecular weight is 448 g/mol. The summed E-state index contributed by atoms with van der Waals surface area (Å²) in [6, 6.07) is 20.0. The fourth-order valence-corrected chi connectivity index (χ4v) is 5.15. The van der Waals surface area contributed by atoms with Gasteiger partial charge in [-0.05, 0) is 36.1 Å². The number of Topliss-reactive ketones (excluding diaryl/α,β-unsaturated/α-hetero) is 1. The molecular formula is C27H29NO3S. The third-order valence-corrected chi connectivity index (χ3v) is 6.98. The lowest BCUT2D eigenvalue weighted by molar-refractivity contribution is -0.138. The third-order valence-electron chi connectivity index (χ3n) is 6.12. The second-order valence-electron chi connectivity index (χ2n) is 8.17. The van der Waals surface area contributed by atoms with E-state index in [1.54, 1.807) is 11.8 Å². The van der Waals surface area contributed by atoms with Crippen molar-refractivity contribution in [1.82, 2.24) is 5.32 Å². The minimum atomic E-state index is -0.400. The summed E-state index contributed by atoms with van der Waals surface area (Å²) < 4.78 is 5.62. The Bertz CT molecular complexity index is 1040. The molecular weight excluding hydrogens is 418 g/mol. The molecule has 2 unspecified atom stereocenters. The smallest absolute Gasteiger partial charge is 0.336 e. The largest absolute Gasteiger partial charge is 0.461 e. The van der Waals surface area contributed by atoms with Crippen molar-refractivity contribution in [3.63, 3.8) is 0 Å². The number of ketones is 1. The monoisotopic (exact) mass is 447 g/mol. The van der Waals surface area contributed by atoms with Gasteiger partial charge in [-0.25, -0.2) is 4.79 Å². The lowest BCUT2D eigenvalue weighted by Gasteiger charge is -2.36. The van der Waals surface area contributed by atoms with Crippen LogP contribution >= 0.6 is 11.8 Å². The van der Waals surface area contributed by atoms with E-state index in [1.807, 2.05) is 55.5 Å². The Morgan fingerprint density at radius 3 is 2.34 bits per heavy atom. The number of hydrogen-bond donors (Lipinski definition) is 1. The molecule has 0 fully saturated rings. The fourth-order valence-electron chi connectivity index (χ4n) is 4.66. The van der Waals surface area contributed by atoms with Crippen LogP contribution in [0.3, 0.4) is 0 Å². The summed E-state index contributed by atoms with van der Waals surface area (Å²) in [5, 5.41) is 3.41. The predicted octanol–water partition coefficient (Wildman–Crippen LogP) is 5.34. The Labute approximate surface area is 194 Å². The van der Waals surface area contributed by atoms with E-state index < -0.39 is 5.92 Å². The molecule has 32 heavy (non-hydrogen) atoms. The molecule has 4 rings (SSSR count). The number of ether oxygens (including phenoxy) is 1. The van der Waals surface area contributed by atoms with Crippen LogP contribution in [0.2, 0.25) is 0 Å². The molecule has 2 atom stereocenters. The number of dihydropyridines is 1. The number of esters is 1. The third kappa shape index (κ3) is 4.68. The Kier molecular flexibility index (Phi) is 7.15. The lowest BCUT2D eigenvalue weighted by atomic mass is 9.72. The van der Waals surface area contributed by atoms with Crippen molar-refractivity contribution in [2.45, 2.75) is 38.5 Å². The summed E-state index contributed by atoms with van der Waals surface area (Å²) in [7, 11) is 0. The molecule has 1 N–H and O–H groups in total. The molecule has 1 aliphatic heterocycles. The van der Waals surface area contributed by atoms with Crippen LogP contribution in [0.4, 0.5) is 0 Å². The van der Waals surface area contributed by atoms with Crippen LogP contribution in [0.5, 0.6) is 0 Å². The number of hydrogen-bond acceptors (Lipinski definition) is 5. The Balaban J connectivity index is 1.69. The molecule has 0 bridgehead atoms. The molecule has 0 amide bonds. The zero-order valence-electron chi connectivity index (χ0n) is 18.6. The highest BCUT2D eigenvalue weighted by Gasteiger charge is 2.41. The van der Waals surface area contributed by atoms with E-state index in [0.717, 1.165) is 34.9 Å². The molecule has 5 heteroatoms. The first-order valence-electron chi connectivity index (χ1n) is 11.2. The van der Waals surface area contributed by atoms with Crippen molar-refractivity contribution in [3.8, 4) is 0 Å². The maximum atomic E-state index is 13.5. The standard InChI is InChI=1S/C27H29NO3S/c1-3-32-15-14-31-27(30)24-18(2)28-22-16-21(19-10-6-4-7-11-19)17-23(29)26(22)25(24)20-12-8-5-9-13-20/h4-13,21,25,28H,3,14-17H2,1-2H3. The molecule has 1 heterocycles. The Hall–Kier alpha value is -2.79. The number of rotatable bonds is 7. The average Bonchev–Trinajstić information content (AvgIpc) is 2.82. The highest BCUT2D eigenvalue weighted by atomic mass is 32.2. The second kappa shape index (κ2) is 10.2. The molecule has 0 spiro atoms. The van der Waals surface area contributed by atoms with Crippen LogP contribution in [0.1, 0.15) is 49.7 Å². The molecule has 2 aromatic carbocycles. The van der Waals surface area contributed by atoms with Crippen molar-refractivity contribution >= 4 is 23.5 Å². The van der Waals surface area contributed by atoms with Crippen molar-refractivity contribution < 1.29 is 14.3 Å². The van der Waals surface area contributed by atoms with Gasteiger partial charge in [0.1, 0.15) is 6.61 Å². The molecule has 1 aliphatic carbocycles. The number of benzene rings is 2. The second-order valence-corrected chi connectivity index (χ2v) is 9.57.